The summed E-state index contributed by atoms with van der Waals surface area (Å²) in [6, 6.07) is 0.482. The van der Waals surface area contributed by atoms with E-state index in [-0.39, 0.29) is 0 Å². The molecule has 2 nitrogen and oxygen atoms in total. The Kier molecular flexibility index (Phi) is 11.5. The quantitative estimate of drug-likeness (QED) is 0.436. The summed E-state index contributed by atoms with van der Waals surface area (Å²) in [6.07, 6.45) is 7.78. The molecule has 17 heavy (non-hydrogen) atoms. The van der Waals surface area contributed by atoms with Crippen molar-refractivity contribution in [3.63, 3.8) is 0 Å². The first kappa shape index (κ1) is 17.3. The van der Waals surface area contributed by atoms with E-state index in [2.05, 4.69) is 33.1 Å². The normalized spacial score (nSPS) is 16.8. The van der Waals surface area contributed by atoms with Crippen LogP contribution in [0.1, 0.15) is 66.2 Å². The van der Waals surface area contributed by atoms with Gasteiger partial charge >= 0.3 is 0 Å². The highest BCUT2D eigenvalue weighted by molar-refractivity contribution is 7.99. The highest BCUT2D eigenvalue weighted by Gasteiger charge is 2.15. The van der Waals surface area contributed by atoms with Crippen molar-refractivity contribution in [2.45, 2.75) is 77.5 Å². The Hall–Kier alpha value is 0.270. The van der Waals surface area contributed by atoms with E-state index in [0.717, 1.165) is 16.9 Å². The molecular weight excluding hydrogens is 228 g/mol. The van der Waals surface area contributed by atoms with Gasteiger partial charge in [0.25, 0.3) is 0 Å². The zero-order chi connectivity index (χ0) is 13.1. The van der Waals surface area contributed by atoms with E-state index in [4.69, 9.17) is 5.84 Å². The van der Waals surface area contributed by atoms with Gasteiger partial charge in [-0.25, -0.2) is 0 Å². The predicted octanol–water partition coefficient (Wildman–Crippen LogP) is 3.96. The Morgan fingerprint density at radius 1 is 1.18 bits per heavy atom. The van der Waals surface area contributed by atoms with Crippen LogP contribution in [0.2, 0.25) is 0 Å². The molecule has 3 N–H and O–H groups in total. The maximum absolute atomic E-state index is 5.67. The molecule has 0 aliphatic heterocycles. The number of hydrogen-bond donors (Lipinski definition) is 2. The second-order valence-electron chi connectivity index (χ2n) is 5.07. The van der Waals surface area contributed by atoms with Crippen LogP contribution >= 0.6 is 11.8 Å². The molecule has 104 valence electrons. The molecule has 0 heterocycles. The third-order valence-electron chi connectivity index (χ3n) is 3.55. The summed E-state index contributed by atoms with van der Waals surface area (Å²) in [5, 5.41) is 0.751. The standard InChI is InChI=1S/C14H32N2S/c1-5-8-9-13(7-3)10-14(16-15)11-17-12(4)6-2/h12-14,16H,5-11,15H2,1-4H3. The first-order valence-electron chi connectivity index (χ1n) is 7.25. The van der Waals surface area contributed by atoms with Crippen molar-refractivity contribution < 1.29 is 0 Å². The Labute approximate surface area is 112 Å². The number of nitrogens with one attached hydrogen (secondary N) is 1. The van der Waals surface area contributed by atoms with Crippen LogP contribution < -0.4 is 11.3 Å². The van der Waals surface area contributed by atoms with Crippen molar-refractivity contribution in [2.75, 3.05) is 5.75 Å². The van der Waals surface area contributed by atoms with E-state index in [9.17, 15) is 0 Å². The molecule has 0 fully saturated rings. The van der Waals surface area contributed by atoms with Crippen LogP contribution in [0, 0.1) is 5.92 Å². The molecule has 0 aromatic rings. The number of hydrazine groups is 1. The SMILES string of the molecule is CCCCC(CC)CC(CSC(C)CC)NN. The van der Waals surface area contributed by atoms with E-state index >= 15 is 0 Å². The van der Waals surface area contributed by atoms with Gasteiger partial charge in [0, 0.05) is 17.0 Å². The number of thioether (sulfide) groups is 1. The van der Waals surface area contributed by atoms with E-state index in [1.165, 1.54) is 38.5 Å². The molecule has 0 radical (unpaired) electrons. The lowest BCUT2D eigenvalue weighted by Crippen LogP contribution is -2.38. The van der Waals surface area contributed by atoms with Crippen molar-refractivity contribution in [1.82, 2.24) is 5.43 Å². The average Bonchev–Trinajstić information content (AvgIpc) is 2.37. The third-order valence-corrected chi connectivity index (χ3v) is 5.05. The summed E-state index contributed by atoms with van der Waals surface area (Å²) in [6.45, 7) is 9.12. The molecule has 3 unspecified atom stereocenters. The molecular formula is C14H32N2S. The molecule has 0 rings (SSSR count). The lowest BCUT2D eigenvalue weighted by molar-refractivity contribution is 0.367. The molecule has 0 aliphatic carbocycles. The minimum Gasteiger partial charge on any atom is -0.271 e. The maximum Gasteiger partial charge on any atom is 0.0303 e. The third kappa shape index (κ3) is 8.92. The molecule has 0 saturated heterocycles. The molecule has 0 spiro atoms. The van der Waals surface area contributed by atoms with Crippen LogP contribution in [0.25, 0.3) is 0 Å². The number of unbranched alkanes of at least 4 members (excludes halogenated alkanes) is 1. The first-order chi connectivity index (χ1) is 8.17. The monoisotopic (exact) mass is 260 g/mol. The Bertz CT molecular complexity index is 164. The zero-order valence-electron chi connectivity index (χ0n) is 12.2. The second-order valence-corrected chi connectivity index (χ2v) is 6.54. The van der Waals surface area contributed by atoms with Gasteiger partial charge in [-0.1, -0.05) is 53.4 Å². The summed E-state index contributed by atoms with van der Waals surface area (Å²) in [4.78, 5) is 0. The number of hydrogen-bond acceptors (Lipinski definition) is 3. The Morgan fingerprint density at radius 2 is 1.88 bits per heavy atom. The lowest BCUT2D eigenvalue weighted by atomic mass is 9.93. The minimum atomic E-state index is 0.482. The molecule has 0 saturated carbocycles. The van der Waals surface area contributed by atoms with Crippen LogP contribution in [0.5, 0.6) is 0 Å². The van der Waals surface area contributed by atoms with Crippen molar-refractivity contribution >= 4 is 11.8 Å². The van der Waals surface area contributed by atoms with E-state index in [1.54, 1.807) is 0 Å². The molecule has 0 amide bonds. The van der Waals surface area contributed by atoms with Crippen LogP contribution in [-0.4, -0.2) is 17.0 Å². The smallest absolute Gasteiger partial charge is 0.0303 e. The summed E-state index contributed by atoms with van der Waals surface area (Å²) in [5.41, 5.74) is 3.00. The van der Waals surface area contributed by atoms with Gasteiger partial charge < -0.3 is 0 Å². The Balaban J connectivity index is 3.90. The molecule has 0 aromatic heterocycles. The lowest BCUT2D eigenvalue weighted by Gasteiger charge is -2.23. The van der Waals surface area contributed by atoms with Gasteiger partial charge in [-0.05, 0) is 18.8 Å². The maximum atomic E-state index is 5.67. The van der Waals surface area contributed by atoms with Gasteiger partial charge in [-0.2, -0.15) is 11.8 Å². The highest BCUT2D eigenvalue weighted by Crippen LogP contribution is 2.22. The van der Waals surface area contributed by atoms with Crippen molar-refractivity contribution in [1.29, 1.82) is 0 Å². The van der Waals surface area contributed by atoms with Gasteiger partial charge in [0.2, 0.25) is 0 Å². The van der Waals surface area contributed by atoms with Crippen molar-refractivity contribution in [2.24, 2.45) is 11.8 Å². The predicted molar refractivity (Wildman–Crippen MR) is 81.2 cm³/mol. The first-order valence-corrected chi connectivity index (χ1v) is 8.30. The molecule has 0 aliphatic rings. The molecule has 3 heteroatoms. The summed E-state index contributed by atoms with van der Waals surface area (Å²) >= 11 is 2.04. The fraction of sp³-hybridized carbons (Fsp3) is 1.00. The summed E-state index contributed by atoms with van der Waals surface area (Å²) in [5.74, 6) is 7.66. The van der Waals surface area contributed by atoms with Crippen molar-refractivity contribution in [3.8, 4) is 0 Å². The molecule has 0 aromatic carbocycles. The van der Waals surface area contributed by atoms with Crippen molar-refractivity contribution in [3.05, 3.63) is 0 Å². The van der Waals surface area contributed by atoms with Crippen LogP contribution in [0.4, 0.5) is 0 Å². The number of nitrogens with two attached hydrogens (primary N) is 1. The van der Waals surface area contributed by atoms with Crippen LogP contribution in [0.3, 0.4) is 0 Å². The van der Waals surface area contributed by atoms with E-state index in [1.807, 2.05) is 11.8 Å². The largest absolute Gasteiger partial charge is 0.271 e. The topological polar surface area (TPSA) is 38.0 Å². The number of rotatable bonds is 11. The fourth-order valence-corrected chi connectivity index (χ4v) is 3.00. The fourth-order valence-electron chi connectivity index (χ4n) is 1.97. The minimum absolute atomic E-state index is 0.482. The second kappa shape index (κ2) is 11.4. The highest BCUT2D eigenvalue weighted by atomic mass is 32.2. The van der Waals surface area contributed by atoms with E-state index < -0.39 is 0 Å². The summed E-state index contributed by atoms with van der Waals surface area (Å²) < 4.78 is 0. The average molecular weight is 260 g/mol. The van der Waals surface area contributed by atoms with Gasteiger partial charge in [-0.15, -0.1) is 0 Å². The molecule has 3 atom stereocenters. The van der Waals surface area contributed by atoms with Crippen LogP contribution in [-0.2, 0) is 0 Å². The Morgan fingerprint density at radius 3 is 2.35 bits per heavy atom. The van der Waals surface area contributed by atoms with Gasteiger partial charge in [0.1, 0.15) is 0 Å². The van der Waals surface area contributed by atoms with Crippen LogP contribution in [0.15, 0.2) is 0 Å². The van der Waals surface area contributed by atoms with Gasteiger partial charge in [0.15, 0.2) is 0 Å². The zero-order valence-corrected chi connectivity index (χ0v) is 13.0. The summed E-state index contributed by atoms with van der Waals surface area (Å²) in [7, 11) is 0. The van der Waals surface area contributed by atoms with Gasteiger partial charge in [0.05, 0.1) is 0 Å². The molecule has 0 bridgehead atoms. The van der Waals surface area contributed by atoms with Gasteiger partial charge in [-0.3, -0.25) is 11.3 Å². The van der Waals surface area contributed by atoms with E-state index in [0.29, 0.717) is 6.04 Å².